The van der Waals surface area contributed by atoms with Crippen molar-refractivity contribution < 1.29 is 28.7 Å². The Morgan fingerprint density at radius 2 is 1.27 bits per heavy atom. The normalized spacial score (nSPS) is 12.5. The Hall–Kier alpha value is -2.97. The molecule has 0 saturated heterocycles. The second-order valence-corrected chi connectivity index (χ2v) is 5.29. The molecule has 0 aliphatic heterocycles. The molecule has 0 aliphatic rings. The summed E-state index contributed by atoms with van der Waals surface area (Å²) in [6, 6.07) is 4.11. The van der Waals surface area contributed by atoms with E-state index in [-0.39, 0.29) is 11.4 Å². The van der Waals surface area contributed by atoms with E-state index < -0.39 is 36.0 Å². The van der Waals surface area contributed by atoms with Crippen molar-refractivity contribution >= 4 is 23.8 Å². The zero-order chi connectivity index (χ0) is 19.7. The van der Waals surface area contributed by atoms with Gasteiger partial charge in [-0.25, -0.2) is 14.6 Å². The largest absolute Gasteiger partial charge is 0.448 e. The van der Waals surface area contributed by atoms with Gasteiger partial charge in [-0.15, -0.1) is 0 Å². The molecular weight excluding hydrogens is 342 g/mol. The molecule has 9 nitrogen and oxygen atoms in total. The lowest BCUT2D eigenvalue weighted by Gasteiger charge is -2.13. The monoisotopic (exact) mass is 365 g/mol. The molecule has 1 heterocycles. The number of hydrogen-bond acceptors (Lipinski definition) is 7. The van der Waals surface area contributed by atoms with Gasteiger partial charge >= 0.3 is 11.9 Å². The van der Waals surface area contributed by atoms with Gasteiger partial charge in [-0.3, -0.25) is 9.59 Å². The van der Waals surface area contributed by atoms with Crippen LogP contribution in [0.2, 0.25) is 0 Å². The van der Waals surface area contributed by atoms with Crippen molar-refractivity contribution in [1.82, 2.24) is 15.6 Å². The van der Waals surface area contributed by atoms with Crippen molar-refractivity contribution in [1.29, 1.82) is 0 Å². The Morgan fingerprint density at radius 1 is 0.885 bits per heavy atom. The fraction of sp³-hybridized carbons (Fsp3) is 0.471. The molecule has 2 N–H and O–H groups in total. The second kappa shape index (κ2) is 10.1. The van der Waals surface area contributed by atoms with E-state index in [9.17, 15) is 19.2 Å². The maximum absolute atomic E-state index is 12.1. The average Bonchev–Trinajstić information content (AvgIpc) is 2.61. The Kier molecular flexibility index (Phi) is 8.20. The van der Waals surface area contributed by atoms with E-state index in [1.54, 1.807) is 13.8 Å². The molecule has 0 unspecified atom stereocenters. The van der Waals surface area contributed by atoms with Gasteiger partial charge in [-0.2, -0.15) is 0 Å². The Morgan fingerprint density at radius 3 is 1.62 bits per heavy atom. The lowest BCUT2D eigenvalue weighted by Crippen LogP contribution is -2.36. The van der Waals surface area contributed by atoms with E-state index in [0.29, 0.717) is 13.1 Å². The fourth-order valence-corrected chi connectivity index (χ4v) is 1.85. The Balaban J connectivity index is 2.77. The van der Waals surface area contributed by atoms with Crippen LogP contribution < -0.4 is 10.6 Å². The van der Waals surface area contributed by atoms with E-state index in [1.807, 2.05) is 0 Å². The van der Waals surface area contributed by atoms with Crippen LogP contribution in [-0.4, -0.2) is 54.0 Å². The number of pyridine rings is 1. The number of rotatable bonds is 8. The molecule has 0 radical (unpaired) electrons. The van der Waals surface area contributed by atoms with Crippen LogP contribution in [0.4, 0.5) is 0 Å². The molecule has 1 rings (SSSR count). The van der Waals surface area contributed by atoms with Gasteiger partial charge in [0.05, 0.1) is 0 Å². The van der Waals surface area contributed by atoms with Gasteiger partial charge in [-0.1, -0.05) is 6.07 Å². The third kappa shape index (κ3) is 6.15. The molecule has 0 bridgehead atoms. The summed E-state index contributed by atoms with van der Waals surface area (Å²) in [5.41, 5.74) is -0.303. The van der Waals surface area contributed by atoms with Crippen LogP contribution in [0.3, 0.4) is 0 Å². The first kappa shape index (κ1) is 21.1. The van der Waals surface area contributed by atoms with Crippen LogP contribution in [0.5, 0.6) is 0 Å². The minimum atomic E-state index is -1.00. The van der Waals surface area contributed by atoms with Gasteiger partial charge in [-0.05, 0) is 39.8 Å². The molecule has 2 amide bonds. The van der Waals surface area contributed by atoms with E-state index in [2.05, 4.69) is 15.6 Å². The SMILES string of the molecule is CCNC(=O)[C@@H](C)OC(=O)c1cccc(C(=O)O[C@H](C)C(=O)NCC)n1. The summed E-state index contributed by atoms with van der Waals surface area (Å²) < 4.78 is 10.0. The molecular formula is C17H23N3O6. The zero-order valence-corrected chi connectivity index (χ0v) is 15.2. The van der Waals surface area contributed by atoms with E-state index in [0.717, 1.165) is 0 Å². The number of esters is 2. The van der Waals surface area contributed by atoms with Crippen molar-refractivity contribution in [3.8, 4) is 0 Å². The highest BCUT2D eigenvalue weighted by molar-refractivity contribution is 5.94. The molecule has 0 aromatic carbocycles. The number of aromatic nitrogens is 1. The minimum absolute atomic E-state index is 0.152. The maximum atomic E-state index is 12.1. The molecule has 0 aliphatic carbocycles. The van der Waals surface area contributed by atoms with Crippen molar-refractivity contribution in [2.75, 3.05) is 13.1 Å². The molecule has 1 aromatic rings. The number of ether oxygens (including phenoxy) is 2. The molecule has 2 atom stereocenters. The van der Waals surface area contributed by atoms with Crippen LogP contribution in [0.1, 0.15) is 48.7 Å². The van der Waals surface area contributed by atoms with Crippen LogP contribution >= 0.6 is 0 Å². The first-order valence-electron chi connectivity index (χ1n) is 8.24. The van der Waals surface area contributed by atoms with Gasteiger partial charge in [0.1, 0.15) is 11.4 Å². The van der Waals surface area contributed by atoms with E-state index >= 15 is 0 Å². The maximum Gasteiger partial charge on any atom is 0.357 e. The standard InChI is InChI=1S/C17H23N3O6/c1-5-18-14(21)10(3)25-16(23)12-8-7-9-13(20-12)17(24)26-11(4)15(22)19-6-2/h7-11H,5-6H2,1-4H3,(H,18,21)(H,19,22)/t10-,11-/m1/s1. The molecule has 0 fully saturated rings. The summed E-state index contributed by atoms with van der Waals surface area (Å²) in [6.07, 6.45) is -2.00. The highest BCUT2D eigenvalue weighted by atomic mass is 16.6. The zero-order valence-electron chi connectivity index (χ0n) is 15.2. The predicted octanol–water partition coefficient (Wildman–Crippen LogP) is 0.444. The molecule has 1 aromatic heterocycles. The number of carbonyl (C=O) groups is 4. The predicted molar refractivity (Wildman–Crippen MR) is 91.4 cm³/mol. The molecule has 0 saturated carbocycles. The number of amides is 2. The minimum Gasteiger partial charge on any atom is -0.448 e. The number of hydrogen-bond donors (Lipinski definition) is 2. The molecule has 142 valence electrons. The summed E-state index contributed by atoms with van der Waals surface area (Å²) in [7, 11) is 0. The smallest absolute Gasteiger partial charge is 0.357 e. The molecule has 26 heavy (non-hydrogen) atoms. The van der Waals surface area contributed by atoms with Crippen molar-refractivity contribution in [3.63, 3.8) is 0 Å². The van der Waals surface area contributed by atoms with E-state index in [4.69, 9.17) is 9.47 Å². The van der Waals surface area contributed by atoms with Crippen LogP contribution in [0.25, 0.3) is 0 Å². The Labute approximate surface area is 151 Å². The number of likely N-dealkylation sites (N-methyl/N-ethyl adjacent to an activating group) is 2. The number of carbonyl (C=O) groups excluding carboxylic acids is 4. The van der Waals surface area contributed by atoms with Gasteiger partial charge in [0.15, 0.2) is 12.2 Å². The number of nitrogens with zero attached hydrogens (tertiary/aromatic N) is 1. The van der Waals surface area contributed by atoms with Crippen LogP contribution in [0.15, 0.2) is 18.2 Å². The third-order valence-electron chi connectivity index (χ3n) is 3.18. The van der Waals surface area contributed by atoms with Crippen LogP contribution in [0, 0.1) is 0 Å². The summed E-state index contributed by atoms with van der Waals surface area (Å²) in [6.45, 7) is 7.15. The summed E-state index contributed by atoms with van der Waals surface area (Å²) in [5, 5.41) is 5.05. The van der Waals surface area contributed by atoms with Crippen molar-refractivity contribution in [2.45, 2.75) is 39.9 Å². The quantitative estimate of drug-likeness (QED) is 0.641. The van der Waals surface area contributed by atoms with Crippen LogP contribution in [-0.2, 0) is 19.1 Å². The third-order valence-corrected chi connectivity index (χ3v) is 3.18. The Bertz CT molecular complexity index is 623. The summed E-state index contributed by atoms with van der Waals surface area (Å²) in [4.78, 5) is 51.2. The summed E-state index contributed by atoms with van der Waals surface area (Å²) in [5.74, 6) is -2.58. The molecule has 9 heteroatoms. The van der Waals surface area contributed by atoms with Crippen molar-refractivity contribution in [2.24, 2.45) is 0 Å². The first-order valence-corrected chi connectivity index (χ1v) is 8.24. The topological polar surface area (TPSA) is 124 Å². The second-order valence-electron chi connectivity index (χ2n) is 5.29. The lowest BCUT2D eigenvalue weighted by molar-refractivity contribution is -0.129. The van der Waals surface area contributed by atoms with Gasteiger partial charge in [0.25, 0.3) is 11.8 Å². The highest BCUT2D eigenvalue weighted by Crippen LogP contribution is 2.07. The summed E-state index contributed by atoms with van der Waals surface area (Å²) >= 11 is 0. The van der Waals surface area contributed by atoms with Gasteiger partial charge in [0, 0.05) is 13.1 Å². The lowest BCUT2D eigenvalue weighted by atomic mass is 10.3. The van der Waals surface area contributed by atoms with Gasteiger partial charge in [0.2, 0.25) is 0 Å². The van der Waals surface area contributed by atoms with Gasteiger partial charge < -0.3 is 20.1 Å². The highest BCUT2D eigenvalue weighted by Gasteiger charge is 2.22. The average molecular weight is 365 g/mol. The first-order chi connectivity index (χ1) is 12.3. The van der Waals surface area contributed by atoms with Crippen molar-refractivity contribution in [3.05, 3.63) is 29.6 Å². The fourth-order valence-electron chi connectivity index (χ4n) is 1.85. The van der Waals surface area contributed by atoms with E-state index in [1.165, 1.54) is 32.0 Å². The molecule has 0 spiro atoms. The number of nitrogens with one attached hydrogen (secondary N) is 2.